The number of hydrogen-bond acceptors (Lipinski definition) is 7. The number of thiazole rings is 1. The van der Waals surface area contributed by atoms with Gasteiger partial charge in [0, 0.05) is 6.54 Å². The minimum atomic E-state index is -3.99. The molecule has 2 rings (SSSR count). The molecule has 0 saturated carbocycles. The van der Waals surface area contributed by atoms with Crippen LogP contribution in [0, 0.1) is 0 Å². The molecule has 0 spiro atoms. The Morgan fingerprint density at radius 1 is 1.55 bits per heavy atom. The third-order valence-electron chi connectivity index (χ3n) is 2.99. The SMILES string of the molecule is COC(=O)c1ncsc1S(=O)(=O)N1CCCC1C(N)=O. The van der Waals surface area contributed by atoms with Crippen molar-refractivity contribution in [1.82, 2.24) is 9.29 Å². The van der Waals surface area contributed by atoms with Crippen molar-refractivity contribution in [2.75, 3.05) is 13.7 Å². The summed E-state index contributed by atoms with van der Waals surface area (Å²) in [5.74, 6) is -1.53. The lowest BCUT2D eigenvalue weighted by Gasteiger charge is -2.20. The van der Waals surface area contributed by atoms with E-state index in [4.69, 9.17) is 5.73 Å². The predicted octanol–water partition coefficient (Wildman–Crippen LogP) is -0.432. The van der Waals surface area contributed by atoms with Crippen molar-refractivity contribution in [1.29, 1.82) is 0 Å². The van der Waals surface area contributed by atoms with E-state index in [0.717, 1.165) is 22.8 Å². The summed E-state index contributed by atoms with van der Waals surface area (Å²) in [6.07, 6.45) is 0.917. The Labute approximate surface area is 119 Å². The van der Waals surface area contributed by atoms with Crippen molar-refractivity contribution in [2.24, 2.45) is 5.73 Å². The number of rotatable bonds is 4. The van der Waals surface area contributed by atoms with Crippen LogP contribution in [0.1, 0.15) is 23.3 Å². The molecule has 1 unspecified atom stereocenters. The van der Waals surface area contributed by atoms with Gasteiger partial charge in [0.05, 0.1) is 12.6 Å². The highest BCUT2D eigenvalue weighted by Gasteiger charge is 2.41. The van der Waals surface area contributed by atoms with Crippen molar-refractivity contribution in [3.05, 3.63) is 11.2 Å². The highest BCUT2D eigenvalue weighted by molar-refractivity contribution is 7.91. The van der Waals surface area contributed by atoms with Crippen molar-refractivity contribution in [2.45, 2.75) is 23.1 Å². The van der Waals surface area contributed by atoms with Crippen LogP contribution in [0.15, 0.2) is 9.72 Å². The first kappa shape index (κ1) is 14.9. The fourth-order valence-electron chi connectivity index (χ4n) is 2.07. The Hall–Kier alpha value is -1.52. The maximum Gasteiger partial charge on any atom is 0.358 e. The van der Waals surface area contributed by atoms with Crippen LogP contribution in [0.4, 0.5) is 0 Å². The van der Waals surface area contributed by atoms with Gasteiger partial charge in [0.25, 0.3) is 10.0 Å². The molecule has 1 aromatic heterocycles. The van der Waals surface area contributed by atoms with E-state index < -0.39 is 27.9 Å². The van der Waals surface area contributed by atoms with Gasteiger partial charge < -0.3 is 10.5 Å². The van der Waals surface area contributed by atoms with Gasteiger partial charge in [0.15, 0.2) is 9.90 Å². The lowest BCUT2D eigenvalue weighted by Crippen LogP contribution is -2.43. The van der Waals surface area contributed by atoms with Gasteiger partial charge in [-0.25, -0.2) is 18.2 Å². The fourth-order valence-corrected chi connectivity index (χ4v) is 4.98. The molecular weight excluding hydrogens is 306 g/mol. The van der Waals surface area contributed by atoms with E-state index in [1.54, 1.807) is 0 Å². The zero-order valence-corrected chi connectivity index (χ0v) is 12.2. The Bertz CT molecular complexity index is 639. The van der Waals surface area contributed by atoms with Gasteiger partial charge in [-0.05, 0) is 12.8 Å². The summed E-state index contributed by atoms with van der Waals surface area (Å²) < 4.78 is 30.4. The van der Waals surface area contributed by atoms with E-state index in [1.807, 2.05) is 0 Å². The second-order valence-corrected chi connectivity index (χ2v) is 7.10. The van der Waals surface area contributed by atoms with Crippen LogP contribution in [-0.2, 0) is 19.6 Å². The molecule has 2 N–H and O–H groups in total. The summed E-state index contributed by atoms with van der Waals surface area (Å²) in [4.78, 5) is 26.6. The number of esters is 1. The lowest BCUT2D eigenvalue weighted by atomic mass is 10.2. The van der Waals surface area contributed by atoms with Crippen molar-refractivity contribution < 1.29 is 22.7 Å². The van der Waals surface area contributed by atoms with Crippen LogP contribution < -0.4 is 5.73 Å². The van der Waals surface area contributed by atoms with Crippen LogP contribution in [0.5, 0.6) is 0 Å². The summed E-state index contributed by atoms with van der Waals surface area (Å²) in [6.45, 7) is 0.189. The minimum Gasteiger partial charge on any atom is -0.464 e. The molecule has 8 nitrogen and oxygen atoms in total. The monoisotopic (exact) mass is 319 g/mol. The van der Waals surface area contributed by atoms with E-state index >= 15 is 0 Å². The summed E-state index contributed by atoms with van der Waals surface area (Å²) in [7, 11) is -2.85. The molecule has 1 fully saturated rings. The van der Waals surface area contributed by atoms with Gasteiger partial charge in [-0.3, -0.25) is 4.79 Å². The highest BCUT2D eigenvalue weighted by atomic mass is 32.2. The minimum absolute atomic E-state index is 0.189. The van der Waals surface area contributed by atoms with Crippen molar-refractivity contribution >= 4 is 33.2 Å². The summed E-state index contributed by atoms with van der Waals surface area (Å²) in [5, 5.41) is 0. The molecule has 20 heavy (non-hydrogen) atoms. The molecule has 10 heteroatoms. The average molecular weight is 319 g/mol. The molecule has 1 atom stereocenters. The van der Waals surface area contributed by atoms with Crippen molar-refractivity contribution in [3.8, 4) is 0 Å². The van der Waals surface area contributed by atoms with Crippen LogP contribution in [-0.4, -0.2) is 49.3 Å². The molecule has 1 aliphatic heterocycles. The van der Waals surface area contributed by atoms with Gasteiger partial charge in [-0.1, -0.05) is 0 Å². The lowest BCUT2D eigenvalue weighted by molar-refractivity contribution is -0.121. The van der Waals surface area contributed by atoms with E-state index in [2.05, 4.69) is 9.72 Å². The highest BCUT2D eigenvalue weighted by Crippen LogP contribution is 2.30. The van der Waals surface area contributed by atoms with Crippen LogP contribution >= 0.6 is 11.3 Å². The van der Waals surface area contributed by atoms with E-state index in [0.29, 0.717) is 12.8 Å². The summed E-state index contributed by atoms with van der Waals surface area (Å²) in [5.41, 5.74) is 6.19. The number of aromatic nitrogens is 1. The normalized spacial score (nSPS) is 19.9. The zero-order chi connectivity index (χ0) is 14.9. The molecule has 110 valence electrons. The number of carbonyl (C=O) groups is 2. The van der Waals surface area contributed by atoms with E-state index in [-0.39, 0.29) is 16.4 Å². The van der Waals surface area contributed by atoms with Crippen LogP contribution in [0.2, 0.25) is 0 Å². The van der Waals surface area contributed by atoms with Gasteiger partial charge in [-0.2, -0.15) is 4.31 Å². The largest absolute Gasteiger partial charge is 0.464 e. The molecule has 1 saturated heterocycles. The number of nitrogens with two attached hydrogens (primary N) is 1. The molecule has 1 aliphatic rings. The predicted molar refractivity (Wildman–Crippen MR) is 69.6 cm³/mol. The second kappa shape index (κ2) is 5.46. The Kier molecular flexibility index (Phi) is 4.06. The molecule has 2 heterocycles. The number of primary amides is 1. The Balaban J connectivity index is 2.43. The van der Waals surface area contributed by atoms with Crippen LogP contribution in [0.25, 0.3) is 0 Å². The third kappa shape index (κ3) is 2.41. The Morgan fingerprint density at radius 2 is 2.25 bits per heavy atom. The van der Waals surface area contributed by atoms with Crippen molar-refractivity contribution in [3.63, 3.8) is 0 Å². The standard InChI is InChI=1S/C10H13N3O5S2/c1-18-9(15)7-10(19-5-12-7)20(16,17)13-4-2-3-6(13)8(11)14/h5-6H,2-4H2,1H3,(H2,11,14). The number of hydrogen-bond donors (Lipinski definition) is 1. The zero-order valence-electron chi connectivity index (χ0n) is 10.6. The van der Waals surface area contributed by atoms with Gasteiger partial charge in [0.2, 0.25) is 5.91 Å². The number of ether oxygens (including phenoxy) is 1. The topological polar surface area (TPSA) is 120 Å². The van der Waals surface area contributed by atoms with Gasteiger partial charge >= 0.3 is 5.97 Å². The maximum atomic E-state index is 12.5. The van der Waals surface area contributed by atoms with Gasteiger partial charge in [0.1, 0.15) is 6.04 Å². The molecule has 0 aliphatic carbocycles. The number of nitrogens with zero attached hydrogens (tertiary/aromatic N) is 2. The number of carbonyl (C=O) groups excluding carboxylic acids is 2. The number of sulfonamides is 1. The van der Waals surface area contributed by atoms with Gasteiger partial charge in [-0.15, -0.1) is 11.3 Å². The molecule has 0 radical (unpaired) electrons. The molecule has 0 bridgehead atoms. The average Bonchev–Trinajstić information content (AvgIpc) is 3.06. The fraction of sp³-hybridized carbons (Fsp3) is 0.500. The molecular formula is C10H13N3O5S2. The number of methoxy groups -OCH3 is 1. The maximum absolute atomic E-state index is 12.5. The molecule has 1 aromatic rings. The number of amides is 1. The molecule has 0 aromatic carbocycles. The molecule has 1 amide bonds. The van der Waals surface area contributed by atoms with Crippen LogP contribution in [0.3, 0.4) is 0 Å². The third-order valence-corrected chi connectivity index (χ3v) is 6.24. The summed E-state index contributed by atoms with van der Waals surface area (Å²) in [6, 6.07) is -0.882. The smallest absolute Gasteiger partial charge is 0.358 e. The Morgan fingerprint density at radius 3 is 2.85 bits per heavy atom. The van der Waals surface area contributed by atoms with E-state index in [9.17, 15) is 18.0 Å². The second-order valence-electron chi connectivity index (χ2n) is 4.16. The first-order valence-electron chi connectivity index (χ1n) is 5.72. The van der Waals surface area contributed by atoms with E-state index in [1.165, 1.54) is 5.51 Å². The first-order chi connectivity index (χ1) is 9.39. The first-order valence-corrected chi connectivity index (χ1v) is 8.04. The summed E-state index contributed by atoms with van der Waals surface area (Å²) >= 11 is 0.807. The quantitative estimate of drug-likeness (QED) is 0.752.